The van der Waals surface area contributed by atoms with Crippen LogP contribution >= 0.6 is 11.8 Å². The summed E-state index contributed by atoms with van der Waals surface area (Å²) >= 11 is 1.48. The molecule has 0 fully saturated rings. The SMILES string of the molecule is CSc1ncc2c(n1)C(C)(C)OC2O. The van der Waals surface area contributed by atoms with Gasteiger partial charge in [0.1, 0.15) is 5.60 Å². The van der Waals surface area contributed by atoms with E-state index < -0.39 is 11.9 Å². The Morgan fingerprint density at radius 2 is 2.29 bits per heavy atom. The number of thioether (sulfide) groups is 1. The first kappa shape index (κ1) is 9.89. The minimum atomic E-state index is -0.893. The smallest absolute Gasteiger partial charge is 0.187 e. The Kier molecular flexibility index (Phi) is 2.25. The molecule has 1 unspecified atom stereocenters. The molecule has 5 heteroatoms. The van der Waals surface area contributed by atoms with Gasteiger partial charge in [-0.3, -0.25) is 0 Å². The lowest BCUT2D eigenvalue weighted by atomic mass is 10.0. The van der Waals surface area contributed by atoms with Crippen molar-refractivity contribution in [2.24, 2.45) is 0 Å². The van der Waals surface area contributed by atoms with E-state index in [0.29, 0.717) is 10.7 Å². The van der Waals surface area contributed by atoms with E-state index in [1.807, 2.05) is 20.1 Å². The standard InChI is InChI=1S/C9H12N2O2S/c1-9(2)6-5(7(12)13-9)4-10-8(11-6)14-3/h4,7,12H,1-3H3. The quantitative estimate of drug-likeness (QED) is 0.564. The number of hydrogen-bond donors (Lipinski definition) is 1. The van der Waals surface area contributed by atoms with Crippen LogP contribution in [0.2, 0.25) is 0 Å². The summed E-state index contributed by atoms with van der Waals surface area (Å²) in [5.41, 5.74) is 0.930. The first-order valence-electron chi connectivity index (χ1n) is 4.32. The first-order chi connectivity index (χ1) is 6.54. The topological polar surface area (TPSA) is 55.2 Å². The molecule has 0 saturated carbocycles. The van der Waals surface area contributed by atoms with Gasteiger partial charge in [-0.25, -0.2) is 9.97 Å². The molecule has 0 spiro atoms. The minimum absolute atomic E-state index is 0.526. The van der Waals surface area contributed by atoms with E-state index in [1.54, 1.807) is 6.20 Å². The lowest BCUT2D eigenvalue weighted by molar-refractivity contribution is -0.158. The van der Waals surface area contributed by atoms with Crippen LogP contribution in [0.4, 0.5) is 0 Å². The van der Waals surface area contributed by atoms with Gasteiger partial charge >= 0.3 is 0 Å². The molecule has 0 aromatic carbocycles. The first-order valence-corrected chi connectivity index (χ1v) is 5.54. The van der Waals surface area contributed by atoms with E-state index in [1.165, 1.54) is 11.8 Å². The van der Waals surface area contributed by atoms with Crippen molar-refractivity contribution >= 4 is 11.8 Å². The van der Waals surface area contributed by atoms with Gasteiger partial charge < -0.3 is 9.84 Å². The number of hydrogen-bond acceptors (Lipinski definition) is 5. The number of aromatic nitrogens is 2. The van der Waals surface area contributed by atoms with Crippen LogP contribution in [0.15, 0.2) is 11.4 Å². The van der Waals surface area contributed by atoms with Crippen molar-refractivity contribution in [2.75, 3.05) is 6.26 Å². The van der Waals surface area contributed by atoms with Crippen LogP contribution < -0.4 is 0 Å². The van der Waals surface area contributed by atoms with E-state index in [9.17, 15) is 5.11 Å². The molecule has 1 aliphatic rings. The third-order valence-corrected chi connectivity index (χ3v) is 2.78. The Morgan fingerprint density at radius 1 is 1.57 bits per heavy atom. The molecule has 2 heterocycles. The zero-order valence-electron chi connectivity index (χ0n) is 8.31. The second-order valence-corrected chi connectivity index (χ2v) is 4.41. The summed E-state index contributed by atoms with van der Waals surface area (Å²) in [6.07, 6.45) is 2.66. The normalized spacial score (nSPS) is 23.6. The fourth-order valence-corrected chi connectivity index (χ4v) is 1.88. The van der Waals surface area contributed by atoms with E-state index in [4.69, 9.17) is 4.74 Å². The van der Waals surface area contributed by atoms with E-state index in [0.717, 1.165) is 5.69 Å². The highest BCUT2D eigenvalue weighted by molar-refractivity contribution is 7.98. The van der Waals surface area contributed by atoms with Crippen molar-refractivity contribution in [2.45, 2.75) is 30.9 Å². The van der Waals surface area contributed by atoms with Crippen molar-refractivity contribution in [3.8, 4) is 0 Å². The molecule has 14 heavy (non-hydrogen) atoms. The third kappa shape index (κ3) is 1.41. The van der Waals surface area contributed by atoms with Crippen LogP contribution in [0, 0.1) is 0 Å². The highest BCUT2D eigenvalue weighted by Gasteiger charge is 2.39. The fraction of sp³-hybridized carbons (Fsp3) is 0.556. The van der Waals surface area contributed by atoms with E-state index in [-0.39, 0.29) is 0 Å². The molecule has 1 N–H and O–H groups in total. The highest BCUT2D eigenvalue weighted by Crippen LogP contribution is 2.40. The van der Waals surface area contributed by atoms with E-state index >= 15 is 0 Å². The summed E-state index contributed by atoms with van der Waals surface area (Å²) in [6.45, 7) is 3.78. The Morgan fingerprint density at radius 3 is 2.93 bits per heavy atom. The second-order valence-electron chi connectivity index (χ2n) is 3.64. The summed E-state index contributed by atoms with van der Waals surface area (Å²) < 4.78 is 5.36. The Labute approximate surface area is 86.7 Å². The maximum atomic E-state index is 9.57. The number of fused-ring (bicyclic) bond motifs is 1. The predicted molar refractivity (Wildman–Crippen MR) is 52.9 cm³/mol. The van der Waals surface area contributed by atoms with Crippen molar-refractivity contribution in [1.29, 1.82) is 0 Å². The van der Waals surface area contributed by atoms with Crippen LogP contribution in [0.3, 0.4) is 0 Å². The molecule has 0 radical (unpaired) electrons. The van der Waals surface area contributed by atoms with Crippen LogP contribution in [-0.4, -0.2) is 21.3 Å². The molecule has 0 amide bonds. The number of rotatable bonds is 1. The van der Waals surface area contributed by atoms with Gasteiger partial charge in [0.2, 0.25) is 0 Å². The average molecular weight is 212 g/mol. The molecule has 1 aromatic heterocycles. The molecule has 76 valence electrons. The zero-order valence-corrected chi connectivity index (χ0v) is 9.13. The Balaban J connectivity index is 2.53. The summed E-state index contributed by atoms with van der Waals surface area (Å²) in [5.74, 6) is 0. The highest BCUT2D eigenvalue weighted by atomic mass is 32.2. The lowest BCUT2D eigenvalue weighted by Gasteiger charge is -2.17. The predicted octanol–water partition coefficient (Wildman–Crippen LogP) is 1.45. The molecular weight excluding hydrogens is 200 g/mol. The van der Waals surface area contributed by atoms with E-state index in [2.05, 4.69) is 9.97 Å². The van der Waals surface area contributed by atoms with Crippen molar-refractivity contribution < 1.29 is 9.84 Å². The average Bonchev–Trinajstić information content (AvgIpc) is 2.37. The van der Waals surface area contributed by atoms with Crippen molar-refractivity contribution in [3.05, 3.63) is 17.5 Å². The number of aliphatic hydroxyl groups excluding tert-OH is 1. The summed E-state index contributed by atoms with van der Waals surface area (Å²) in [7, 11) is 0. The molecule has 1 atom stereocenters. The van der Waals surface area contributed by atoms with Crippen LogP contribution in [-0.2, 0) is 10.3 Å². The molecule has 4 nitrogen and oxygen atoms in total. The van der Waals surface area contributed by atoms with Crippen molar-refractivity contribution in [1.82, 2.24) is 9.97 Å². The van der Waals surface area contributed by atoms with Crippen molar-refractivity contribution in [3.63, 3.8) is 0 Å². The van der Waals surface area contributed by atoms with Gasteiger partial charge in [-0.2, -0.15) is 0 Å². The molecular formula is C9H12N2O2S. The number of aliphatic hydroxyl groups is 1. The largest absolute Gasteiger partial charge is 0.364 e. The second kappa shape index (κ2) is 3.18. The van der Waals surface area contributed by atoms with Gasteiger partial charge in [-0.15, -0.1) is 0 Å². The third-order valence-electron chi connectivity index (χ3n) is 2.22. The summed E-state index contributed by atoms with van der Waals surface area (Å²) in [6, 6.07) is 0. The maximum Gasteiger partial charge on any atom is 0.187 e. The van der Waals surface area contributed by atoms with Gasteiger partial charge in [0.25, 0.3) is 0 Å². The monoisotopic (exact) mass is 212 g/mol. The van der Waals surface area contributed by atoms with Crippen LogP contribution in [0.25, 0.3) is 0 Å². The molecule has 0 bridgehead atoms. The molecule has 2 rings (SSSR count). The molecule has 0 saturated heterocycles. The summed E-state index contributed by atoms with van der Waals surface area (Å²) in [5, 5.41) is 10.3. The van der Waals surface area contributed by atoms with Gasteiger partial charge in [-0.05, 0) is 20.1 Å². The van der Waals surface area contributed by atoms with Crippen LogP contribution in [0.1, 0.15) is 31.4 Å². The molecule has 1 aromatic rings. The lowest BCUT2D eigenvalue weighted by Crippen LogP contribution is -2.17. The van der Waals surface area contributed by atoms with Gasteiger partial charge in [0.15, 0.2) is 11.4 Å². The fourth-order valence-electron chi connectivity index (χ4n) is 1.53. The molecule has 1 aliphatic heterocycles. The van der Waals surface area contributed by atoms with Crippen LogP contribution in [0.5, 0.6) is 0 Å². The number of nitrogens with zero attached hydrogens (tertiary/aromatic N) is 2. The number of ether oxygens (including phenoxy) is 1. The Hall–Kier alpha value is -0.650. The summed E-state index contributed by atoms with van der Waals surface area (Å²) in [4.78, 5) is 8.44. The minimum Gasteiger partial charge on any atom is -0.364 e. The zero-order chi connectivity index (χ0) is 10.3. The van der Waals surface area contributed by atoms with Gasteiger partial charge in [0, 0.05) is 6.20 Å². The maximum absolute atomic E-state index is 9.57. The van der Waals surface area contributed by atoms with Gasteiger partial charge in [-0.1, -0.05) is 11.8 Å². The molecule has 0 aliphatic carbocycles. The van der Waals surface area contributed by atoms with Gasteiger partial charge in [0.05, 0.1) is 11.3 Å². The Bertz CT molecular complexity index is 368.